The van der Waals surface area contributed by atoms with E-state index in [1.54, 1.807) is 0 Å². The third-order valence-electron chi connectivity index (χ3n) is 3.46. The predicted molar refractivity (Wildman–Crippen MR) is 57.4 cm³/mol. The minimum atomic E-state index is 0.651. The average molecular weight is 193 g/mol. The van der Waals surface area contributed by atoms with Gasteiger partial charge in [0.05, 0.1) is 6.20 Å². The summed E-state index contributed by atoms with van der Waals surface area (Å²) >= 11 is 0. The Morgan fingerprint density at radius 2 is 2.43 bits per heavy atom. The minimum absolute atomic E-state index is 0.651. The van der Waals surface area contributed by atoms with Crippen molar-refractivity contribution in [3.05, 3.63) is 17.5 Å². The topological polar surface area (TPSA) is 29.9 Å². The van der Waals surface area contributed by atoms with Crippen molar-refractivity contribution in [2.24, 2.45) is 7.05 Å². The molecule has 1 aromatic heterocycles. The Kier molecular flexibility index (Phi) is 2.59. The van der Waals surface area contributed by atoms with Crippen LogP contribution in [0.25, 0.3) is 0 Å². The summed E-state index contributed by atoms with van der Waals surface area (Å²) in [6, 6.07) is 0.651. The number of nitrogens with zero attached hydrogens (tertiary/aromatic N) is 2. The Morgan fingerprint density at radius 1 is 1.64 bits per heavy atom. The molecule has 1 N–H and O–H groups in total. The average Bonchev–Trinajstić information content (AvgIpc) is 2.75. The molecule has 2 heterocycles. The lowest BCUT2D eigenvalue weighted by atomic mass is 9.91. The van der Waals surface area contributed by atoms with Gasteiger partial charge in [0.15, 0.2) is 0 Å². The van der Waals surface area contributed by atoms with Gasteiger partial charge < -0.3 is 5.32 Å². The summed E-state index contributed by atoms with van der Waals surface area (Å²) in [6.07, 6.45) is 4.50. The zero-order valence-electron chi connectivity index (χ0n) is 9.25. The van der Waals surface area contributed by atoms with E-state index >= 15 is 0 Å². The first kappa shape index (κ1) is 9.71. The van der Waals surface area contributed by atoms with Crippen LogP contribution < -0.4 is 5.32 Å². The molecule has 3 nitrogen and oxygen atoms in total. The molecule has 1 fully saturated rings. The Bertz CT molecular complexity index is 316. The van der Waals surface area contributed by atoms with Crippen LogP contribution in [0, 0.1) is 6.92 Å². The van der Waals surface area contributed by atoms with Crippen LogP contribution >= 0.6 is 0 Å². The van der Waals surface area contributed by atoms with Crippen molar-refractivity contribution in [3.8, 4) is 0 Å². The maximum Gasteiger partial charge on any atom is 0.0527 e. The molecular weight excluding hydrogens is 174 g/mol. The summed E-state index contributed by atoms with van der Waals surface area (Å²) in [4.78, 5) is 0. The van der Waals surface area contributed by atoms with Gasteiger partial charge in [-0.3, -0.25) is 4.68 Å². The van der Waals surface area contributed by atoms with Crippen molar-refractivity contribution < 1.29 is 0 Å². The highest BCUT2D eigenvalue weighted by molar-refractivity contribution is 5.24. The van der Waals surface area contributed by atoms with E-state index in [9.17, 15) is 0 Å². The van der Waals surface area contributed by atoms with E-state index in [-0.39, 0.29) is 0 Å². The molecule has 0 saturated carbocycles. The molecule has 0 spiro atoms. The highest BCUT2D eigenvalue weighted by atomic mass is 15.3. The maximum atomic E-state index is 4.32. The van der Waals surface area contributed by atoms with Gasteiger partial charge in [0.25, 0.3) is 0 Å². The maximum absolute atomic E-state index is 4.32. The molecule has 3 heteroatoms. The summed E-state index contributed by atoms with van der Waals surface area (Å²) in [6.45, 7) is 5.56. The lowest BCUT2D eigenvalue weighted by Gasteiger charge is -2.17. The number of nitrogens with one attached hydrogen (secondary N) is 1. The molecule has 78 valence electrons. The molecule has 2 unspecified atom stereocenters. The van der Waals surface area contributed by atoms with Crippen LogP contribution in [0.3, 0.4) is 0 Å². The Balaban J connectivity index is 2.26. The summed E-state index contributed by atoms with van der Waals surface area (Å²) < 4.78 is 1.97. The Labute approximate surface area is 85.5 Å². The van der Waals surface area contributed by atoms with Crippen LogP contribution in [0.4, 0.5) is 0 Å². The SMILES string of the molecule is CCC1NCCC1c1cnn(C)c1C. The van der Waals surface area contributed by atoms with E-state index in [2.05, 4.69) is 24.3 Å². The summed E-state index contributed by atoms with van der Waals surface area (Å²) in [5, 5.41) is 7.87. The fourth-order valence-corrected chi connectivity index (χ4v) is 2.45. The van der Waals surface area contributed by atoms with Crippen LogP contribution in [-0.4, -0.2) is 22.4 Å². The van der Waals surface area contributed by atoms with Gasteiger partial charge in [0.1, 0.15) is 0 Å². The second kappa shape index (κ2) is 3.73. The second-order valence-electron chi connectivity index (χ2n) is 4.17. The van der Waals surface area contributed by atoms with Crippen molar-refractivity contribution in [3.63, 3.8) is 0 Å². The van der Waals surface area contributed by atoms with E-state index in [4.69, 9.17) is 0 Å². The van der Waals surface area contributed by atoms with Crippen molar-refractivity contribution >= 4 is 0 Å². The van der Waals surface area contributed by atoms with Crippen molar-refractivity contribution in [2.75, 3.05) is 6.54 Å². The minimum Gasteiger partial charge on any atom is -0.313 e. The van der Waals surface area contributed by atoms with Crippen LogP contribution in [0.15, 0.2) is 6.20 Å². The first-order chi connectivity index (χ1) is 6.74. The number of aromatic nitrogens is 2. The Morgan fingerprint density at radius 3 is 3.00 bits per heavy atom. The molecule has 0 amide bonds. The van der Waals surface area contributed by atoms with Gasteiger partial charge in [0, 0.05) is 24.7 Å². The van der Waals surface area contributed by atoms with Gasteiger partial charge >= 0.3 is 0 Å². The summed E-state index contributed by atoms with van der Waals surface area (Å²) in [5.74, 6) is 0.675. The molecule has 2 rings (SSSR count). The normalized spacial score (nSPS) is 27.1. The molecular formula is C11H19N3. The van der Waals surface area contributed by atoms with Crippen LogP contribution in [0.1, 0.15) is 36.9 Å². The van der Waals surface area contributed by atoms with Gasteiger partial charge in [-0.1, -0.05) is 6.92 Å². The second-order valence-corrected chi connectivity index (χ2v) is 4.17. The zero-order valence-corrected chi connectivity index (χ0v) is 9.25. The van der Waals surface area contributed by atoms with Crippen molar-refractivity contribution in [1.82, 2.24) is 15.1 Å². The van der Waals surface area contributed by atoms with Gasteiger partial charge in [-0.25, -0.2) is 0 Å². The van der Waals surface area contributed by atoms with Crippen molar-refractivity contribution in [2.45, 2.75) is 38.6 Å². The zero-order chi connectivity index (χ0) is 10.1. The van der Waals surface area contributed by atoms with E-state index in [1.807, 2.05) is 17.9 Å². The highest BCUT2D eigenvalue weighted by Gasteiger charge is 2.28. The lowest BCUT2D eigenvalue weighted by molar-refractivity contribution is 0.529. The molecule has 2 atom stereocenters. The lowest BCUT2D eigenvalue weighted by Crippen LogP contribution is -2.24. The summed E-state index contributed by atoms with van der Waals surface area (Å²) in [5.41, 5.74) is 2.75. The van der Waals surface area contributed by atoms with Gasteiger partial charge in [-0.05, 0) is 31.9 Å². The van der Waals surface area contributed by atoms with E-state index in [1.165, 1.54) is 24.1 Å². The van der Waals surface area contributed by atoms with Gasteiger partial charge in [-0.2, -0.15) is 5.10 Å². The molecule has 1 saturated heterocycles. The van der Waals surface area contributed by atoms with Gasteiger partial charge in [-0.15, -0.1) is 0 Å². The van der Waals surface area contributed by atoms with E-state index in [0.29, 0.717) is 12.0 Å². The van der Waals surface area contributed by atoms with Crippen LogP contribution in [-0.2, 0) is 7.05 Å². The predicted octanol–water partition coefficient (Wildman–Crippen LogP) is 1.58. The van der Waals surface area contributed by atoms with E-state index in [0.717, 1.165) is 6.54 Å². The first-order valence-electron chi connectivity index (χ1n) is 5.46. The number of hydrogen-bond acceptors (Lipinski definition) is 2. The largest absolute Gasteiger partial charge is 0.313 e. The summed E-state index contributed by atoms with van der Waals surface area (Å²) in [7, 11) is 2.02. The Hall–Kier alpha value is -0.830. The molecule has 0 aliphatic carbocycles. The molecule has 0 aromatic carbocycles. The third-order valence-corrected chi connectivity index (χ3v) is 3.46. The molecule has 1 aromatic rings. The van der Waals surface area contributed by atoms with Crippen molar-refractivity contribution in [1.29, 1.82) is 0 Å². The number of rotatable bonds is 2. The molecule has 1 aliphatic heterocycles. The van der Waals surface area contributed by atoms with Crippen LogP contribution in [0.2, 0.25) is 0 Å². The third kappa shape index (κ3) is 1.46. The van der Waals surface area contributed by atoms with E-state index < -0.39 is 0 Å². The fraction of sp³-hybridized carbons (Fsp3) is 0.727. The van der Waals surface area contributed by atoms with Crippen LogP contribution in [0.5, 0.6) is 0 Å². The molecule has 0 radical (unpaired) electrons. The smallest absolute Gasteiger partial charge is 0.0527 e. The monoisotopic (exact) mass is 193 g/mol. The standard InChI is InChI=1S/C11H19N3/c1-4-11-9(5-6-12-11)10-7-13-14(3)8(10)2/h7,9,11-12H,4-6H2,1-3H3. The quantitative estimate of drug-likeness (QED) is 0.773. The number of hydrogen-bond donors (Lipinski definition) is 1. The molecule has 1 aliphatic rings. The molecule has 14 heavy (non-hydrogen) atoms. The highest BCUT2D eigenvalue weighted by Crippen LogP contribution is 2.30. The fourth-order valence-electron chi connectivity index (χ4n) is 2.45. The molecule has 0 bridgehead atoms. The van der Waals surface area contributed by atoms with Gasteiger partial charge in [0.2, 0.25) is 0 Å². The number of aryl methyl sites for hydroxylation is 1. The first-order valence-corrected chi connectivity index (χ1v) is 5.46.